The van der Waals surface area contributed by atoms with Crippen molar-refractivity contribution < 1.29 is 4.74 Å². The number of aryl methyl sites for hydroxylation is 1. The maximum absolute atomic E-state index is 6.02. The molecule has 4 rings (SSSR count). The smallest absolute Gasteiger partial charge is 0.145 e. The van der Waals surface area contributed by atoms with Crippen LogP contribution in [-0.2, 0) is 6.61 Å². The molecule has 108 valence electrons. The van der Waals surface area contributed by atoms with Gasteiger partial charge in [-0.15, -0.1) is 0 Å². The van der Waals surface area contributed by atoms with E-state index in [1.807, 2.05) is 49.6 Å². The number of pyridine rings is 1. The average molecular weight is 288 g/mol. The van der Waals surface area contributed by atoms with E-state index in [2.05, 4.69) is 33.7 Å². The Morgan fingerprint density at radius 2 is 1.82 bits per heavy atom. The highest BCUT2D eigenvalue weighted by atomic mass is 16.5. The SMILES string of the molecule is Cc1cn2ccc3c(OCc4ccccc4)cccc3c2n1. The van der Waals surface area contributed by atoms with Crippen molar-refractivity contribution in [3.63, 3.8) is 0 Å². The molecule has 2 aromatic carbocycles. The van der Waals surface area contributed by atoms with Gasteiger partial charge in [0.2, 0.25) is 0 Å². The van der Waals surface area contributed by atoms with Gasteiger partial charge >= 0.3 is 0 Å². The summed E-state index contributed by atoms with van der Waals surface area (Å²) in [4.78, 5) is 4.61. The first-order chi connectivity index (χ1) is 10.8. The van der Waals surface area contributed by atoms with Crippen LogP contribution in [0.1, 0.15) is 11.3 Å². The fourth-order valence-corrected chi connectivity index (χ4v) is 2.76. The first-order valence-electron chi connectivity index (χ1n) is 7.35. The van der Waals surface area contributed by atoms with Crippen LogP contribution in [0.15, 0.2) is 67.0 Å². The van der Waals surface area contributed by atoms with Gasteiger partial charge in [0.15, 0.2) is 0 Å². The van der Waals surface area contributed by atoms with E-state index in [0.717, 1.165) is 33.4 Å². The summed E-state index contributed by atoms with van der Waals surface area (Å²) in [5.41, 5.74) is 3.15. The Balaban J connectivity index is 1.76. The second kappa shape index (κ2) is 5.19. The molecule has 0 aliphatic heterocycles. The van der Waals surface area contributed by atoms with Crippen molar-refractivity contribution in [2.45, 2.75) is 13.5 Å². The third kappa shape index (κ3) is 2.21. The lowest BCUT2D eigenvalue weighted by Crippen LogP contribution is -1.96. The number of rotatable bonds is 3. The predicted octanol–water partition coefficient (Wildman–Crippen LogP) is 4.37. The minimum Gasteiger partial charge on any atom is -0.488 e. The van der Waals surface area contributed by atoms with E-state index in [1.54, 1.807) is 0 Å². The van der Waals surface area contributed by atoms with Crippen molar-refractivity contribution in [3.05, 3.63) is 78.2 Å². The van der Waals surface area contributed by atoms with Crippen LogP contribution in [0.3, 0.4) is 0 Å². The van der Waals surface area contributed by atoms with Gasteiger partial charge in [-0.2, -0.15) is 0 Å². The van der Waals surface area contributed by atoms with Gasteiger partial charge in [-0.3, -0.25) is 0 Å². The van der Waals surface area contributed by atoms with Gasteiger partial charge in [-0.1, -0.05) is 42.5 Å². The fourth-order valence-electron chi connectivity index (χ4n) is 2.76. The van der Waals surface area contributed by atoms with Crippen molar-refractivity contribution in [1.82, 2.24) is 9.38 Å². The van der Waals surface area contributed by atoms with Crippen molar-refractivity contribution >= 4 is 16.4 Å². The number of hydrogen-bond donors (Lipinski definition) is 0. The maximum atomic E-state index is 6.02. The minimum atomic E-state index is 0.568. The molecule has 2 heterocycles. The molecule has 3 nitrogen and oxygen atoms in total. The van der Waals surface area contributed by atoms with Crippen LogP contribution in [0, 0.1) is 6.92 Å². The van der Waals surface area contributed by atoms with E-state index in [-0.39, 0.29) is 0 Å². The van der Waals surface area contributed by atoms with Gasteiger partial charge < -0.3 is 9.14 Å². The molecule has 0 unspecified atom stereocenters. The van der Waals surface area contributed by atoms with E-state index in [1.165, 1.54) is 0 Å². The summed E-state index contributed by atoms with van der Waals surface area (Å²) in [6.45, 7) is 2.58. The molecule has 0 saturated carbocycles. The van der Waals surface area contributed by atoms with Gasteiger partial charge in [0.05, 0.1) is 5.69 Å². The molecule has 0 fully saturated rings. The number of fused-ring (bicyclic) bond motifs is 3. The third-order valence-electron chi connectivity index (χ3n) is 3.80. The summed E-state index contributed by atoms with van der Waals surface area (Å²) in [5.74, 6) is 0.893. The zero-order chi connectivity index (χ0) is 14.9. The molecule has 0 bridgehead atoms. The number of ether oxygens (including phenoxy) is 1. The molecule has 0 aliphatic carbocycles. The van der Waals surface area contributed by atoms with E-state index < -0.39 is 0 Å². The largest absolute Gasteiger partial charge is 0.488 e. The van der Waals surface area contributed by atoms with E-state index >= 15 is 0 Å². The Hall–Kier alpha value is -2.81. The zero-order valence-electron chi connectivity index (χ0n) is 12.4. The molecule has 22 heavy (non-hydrogen) atoms. The molecule has 0 aliphatic rings. The number of benzene rings is 2. The van der Waals surface area contributed by atoms with E-state index in [4.69, 9.17) is 4.74 Å². The van der Waals surface area contributed by atoms with Gasteiger partial charge in [0, 0.05) is 23.2 Å². The quantitative estimate of drug-likeness (QED) is 0.559. The second-order valence-electron chi connectivity index (χ2n) is 5.42. The second-order valence-corrected chi connectivity index (χ2v) is 5.42. The first kappa shape index (κ1) is 12.9. The molecule has 0 N–H and O–H groups in total. The number of hydrogen-bond acceptors (Lipinski definition) is 2. The van der Waals surface area contributed by atoms with Crippen LogP contribution in [-0.4, -0.2) is 9.38 Å². The van der Waals surface area contributed by atoms with Crippen molar-refractivity contribution in [2.24, 2.45) is 0 Å². The lowest BCUT2D eigenvalue weighted by molar-refractivity contribution is 0.310. The monoisotopic (exact) mass is 288 g/mol. The van der Waals surface area contributed by atoms with Crippen LogP contribution in [0.4, 0.5) is 0 Å². The maximum Gasteiger partial charge on any atom is 0.145 e. The molecule has 0 amide bonds. The third-order valence-corrected chi connectivity index (χ3v) is 3.80. The number of nitrogens with zero attached hydrogens (tertiary/aromatic N) is 2. The molecule has 3 heteroatoms. The highest BCUT2D eigenvalue weighted by Crippen LogP contribution is 2.28. The lowest BCUT2D eigenvalue weighted by Gasteiger charge is -2.10. The minimum absolute atomic E-state index is 0.568. The molecule has 4 aromatic rings. The summed E-state index contributed by atoms with van der Waals surface area (Å²) in [6, 6.07) is 18.4. The first-order valence-corrected chi connectivity index (χ1v) is 7.35. The highest BCUT2D eigenvalue weighted by Gasteiger charge is 2.08. The van der Waals surface area contributed by atoms with Gasteiger partial charge in [-0.05, 0) is 24.6 Å². The summed E-state index contributed by atoms with van der Waals surface area (Å²) in [5, 5.41) is 2.21. The molecular formula is C19H16N2O. The molecule has 0 saturated heterocycles. The molecule has 0 spiro atoms. The molecule has 0 atom stereocenters. The van der Waals surface area contributed by atoms with Crippen LogP contribution in [0.5, 0.6) is 5.75 Å². The van der Waals surface area contributed by atoms with Gasteiger partial charge in [-0.25, -0.2) is 4.98 Å². The van der Waals surface area contributed by atoms with Crippen LogP contribution < -0.4 is 4.74 Å². The summed E-state index contributed by atoms with van der Waals surface area (Å²) < 4.78 is 8.08. The standard InChI is InChI=1S/C19H16N2O/c1-14-12-21-11-10-16-17(19(21)20-14)8-5-9-18(16)22-13-15-6-3-2-4-7-15/h2-12H,13H2,1H3. The fraction of sp³-hybridized carbons (Fsp3) is 0.105. The Bertz CT molecular complexity index is 942. The number of aromatic nitrogens is 2. The van der Waals surface area contributed by atoms with Crippen LogP contribution in [0.25, 0.3) is 16.4 Å². The zero-order valence-corrected chi connectivity index (χ0v) is 12.4. The Labute approximate surface area is 128 Å². The Kier molecular flexibility index (Phi) is 3.04. The normalized spacial score (nSPS) is 11.1. The van der Waals surface area contributed by atoms with Crippen LogP contribution >= 0.6 is 0 Å². The number of imidazole rings is 1. The Morgan fingerprint density at radius 1 is 0.955 bits per heavy atom. The van der Waals surface area contributed by atoms with Crippen molar-refractivity contribution in [3.8, 4) is 5.75 Å². The van der Waals surface area contributed by atoms with Crippen LogP contribution in [0.2, 0.25) is 0 Å². The summed E-state index contributed by atoms with van der Waals surface area (Å²) in [6.07, 6.45) is 4.07. The molecule has 2 aromatic heterocycles. The Morgan fingerprint density at radius 3 is 2.68 bits per heavy atom. The average Bonchev–Trinajstić information content (AvgIpc) is 2.94. The highest BCUT2D eigenvalue weighted by molar-refractivity contribution is 5.97. The van der Waals surface area contributed by atoms with Crippen molar-refractivity contribution in [2.75, 3.05) is 0 Å². The van der Waals surface area contributed by atoms with E-state index in [0.29, 0.717) is 6.61 Å². The molecule has 0 radical (unpaired) electrons. The predicted molar refractivity (Wildman–Crippen MR) is 88.2 cm³/mol. The van der Waals surface area contributed by atoms with Gasteiger partial charge in [0.1, 0.15) is 18.0 Å². The van der Waals surface area contributed by atoms with Crippen molar-refractivity contribution in [1.29, 1.82) is 0 Å². The van der Waals surface area contributed by atoms with E-state index in [9.17, 15) is 0 Å². The lowest BCUT2D eigenvalue weighted by atomic mass is 10.1. The summed E-state index contributed by atoms with van der Waals surface area (Å²) in [7, 11) is 0. The summed E-state index contributed by atoms with van der Waals surface area (Å²) >= 11 is 0. The molecular weight excluding hydrogens is 272 g/mol. The van der Waals surface area contributed by atoms with Gasteiger partial charge in [0.25, 0.3) is 0 Å². The topological polar surface area (TPSA) is 26.5 Å².